The van der Waals surface area contributed by atoms with Gasteiger partial charge in [0.2, 0.25) is 0 Å². The molecule has 0 unspecified atom stereocenters. The molecule has 1 rings (SSSR count). The average Bonchev–Trinajstić information content (AvgIpc) is 2.79. The van der Waals surface area contributed by atoms with Crippen LogP contribution in [-0.4, -0.2) is 29.6 Å². The third kappa shape index (κ3) is 7.60. The van der Waals surface area contributed by atoms with Crippen molar-refractivity contribution < 1.29 is 19.1 Å². The summed E-state index contributed by atoms with van der Waals surface area (Å²) >= 11 is 1.54. The van der Waals surface area contributed by atoms with Gasteiger partial charge in [-0.1, -0.05) is 0 Å². The van der Waals surface area contributed by atoms with Gasteiger partial charge in [-0.05, 0) is 52.8 Å². The molecule has 6 nitrogen and oxygen atoms in total. The van der Waals surface area contributed by atoms with Crippen LogP contribution in [0.15, 0.2) is 18.2 Å². The molecule has 0 saturated carbocycles. The van der Waals surface area contributed by atoms with Crippen LogP contribution in [0.25, 0.3) is 6.08 Å². The second-order valence-electron chi connectivity index (χ2n) is 6.05. The molecule has 7 heteroatoms. The number of thiophene rings is 1. The zero-order valence-electron chi connectivity index (χ0n) is 13.9. The summed E-state index contributed by atoms with van der Waals surface area (Å²) in [6.07, 6.45) is 1.81. The molecule has 0 aromatic carbocycles. The highest BCUT2D eigenvalue weighted by atomic mass is 32.1. The van der Waals surface area contributed by atoms with E-state index in [1.807, 2.05) is 19.1 Å². The van der Waals surface area contributed by atoms with Gasteiger partial charge in [0.25, 0.3) is 5.91 Å². The second kappa shape index (κ2) is 7.92. The minimum absolute atomic E-state index is 0.466. The van der Waals surface area contributed by atoms with Crippen molar-refractivity contribution in [2.24, 2.45) is 0 Å². The number of aryl methyl sites for hydroxylation is 1. The van der Waals surface area contributed by atoms with Crippen molar-refractivity contribution in [3.05, 3.63) is 28.0 Å². The number of hydrogen-bond acceptors (Lipinski definition) is 5. The Kier molecular flexibility index (Phi) is 6.50. The Balaban J connectivity index is 2.46. The Morgan fingerprint density at radius 2 is 1.91 bits per heavy atom. The lowest BCUT2D eigenvalue weighted by Gasteiger charge is -2.21. The molecule has 0 aliphatic carbocycles. The molecule has 23 heavy (non-hydrogen) atoms. The molecular weight excluding hydrogens is 316 g/mol. The second-order valence-corrected chi connectivity index (χ2v) is 7.37. The first-order valence-corrected chi connectivity index (χ1v) is 7.96. The number of hydrogen-bond donors (Lipinski definition) is 2. The standard InChI is InChI=1S/C16H22N2O4S/c1-10-6-7-12(23-10)8-9-13(19)22-11(2)14(20)17-15(21)18-16(3,4)5/h6-9,11H,1-5H3,(H2,17,18,20,21)/b9-8+/t11-/m0/s1. The first-order chi connectivity index (χ1) is 10.6. The van der Waals surface area contributed by atoms with E-state index in [2.05, 4.69) is 10.6 Å². The van der Waals surface area contributed by atoms with E-state index in [9.17, 15) is 14.4 Å². The zero-order chi connectivity index (χ0) is 17.6. The molecule has 1 aromatic heterocycles. The SMILES string of the molecule is Cc1ccc(/C=C/C(=O)O[C@@H](C)C(=O)NC(=O)NC(C)(C)C)s1. The van der Waals surface area contributed by atoms with Gasteiger partial charge in [-0.2, -0.15) is 0 Å². The maximum Gasteiger partial charge on any atom is 0.331 e. The topological polar surface area (TPSA) is 84.5 Å². The fraction of sp³-hybridized carbons (Fsp3) is 0.438. The van der Waals surface area contributed by atoms with Crippen molar-refractivity contribution in [1.29, 1.82) is 0 Å². The molecule has 0 bridgehead atoms. The van der Waals surface area contributed by atoms with Gasteiger partial charge in [0, 0.05) is 21.4 Å². The summed E-state index contributed by atoms with van der Waals surface area (Å²) in [6, 6.07) is 3.20. The Labute approximate surface area is 139 Å². The van der Waals surface area contributed by atoms with E-state index < -0.39 is 29.6 Å². The summed E-state index contributed by atoms with van der Waals surface area (Å²) in [5.41, 5.74) is -0.466. The summed E-state index contributed by atoms with van der Waals surface area (Å²) in [7, 11) is 0. The van der Waals surface area contributed by atoms with Crippen LogP contribution >= 0.6 is 11.3 Å². The van der Waals surface area contributed by atoms with Crippen molar-refractivity contribution in [3.8, 4) is 0 Å². The average molecular weight is 338 g/mol. The van der Waals surface area contributed by atoms with Crippen LogP contribution in [0.4, 0.5) is 4.79 Å². The number of ether oxygens (including phenoxy) is 1. The number of rotatable bonds is 4. The van der Waals surface area contributed by atoms with Crippen molar-refractivity contribution in [1.82, 2.24) is 10.6 Å². The van der Waals surface area contributed by atoms with Gasteiger partial charge in [0.1, 0.15) is 0 Å². The van der Waals surface area contributed by atoms with E-state index in [4.69, 9.17) is 4.74 Å². The van der Waals surface area contributed by atoms with E-state index in [1.54, 1.807) is 38.2 Å². The van der Waals surface area contributed by atoms with E-state index in [1.165, 1.54) is 13.0 Å². The Morgan fingerprint density at radius 3 is 2.43 bits per heavy atom. The molecule has 0 spiro atoms. The normalized spacial score (nSPS) is 12.7. The lowest BCUT2D eigenvalue weighted by Crippen LogP contribution is -2.50. The van der Waals surface area contributed by atoms with E-state index in [-0.39, 0.29) is 0 Å². The number of urea groups is 1. The van der Waals surface area contributed by atoms with Gasteiger partial charge in [-0.3, -0.25) is 10.1 Å². The molecular formula is C16H22N2O4S. The first-order valence-electron chi connectivity index (χ1n) is 7.15. The Hall–Kier alpha value is -2.15. The molecule has 0 saturated heterocycles. The van der Waals surface area contributed by atoms with Crippen molar-refractivity contribution in [2.45, 2.75) is 46.3 Å². The largest absolute Gasteiger partial charge is 0.449 e. The van der Waals surface area contributed by atoms with Gasteiger partial charge in [-0.15, -0.1) is 11.3 Å². The number of carbonyl (C=O) groups excluding carboxylic acids is 3. The van der Waals surface area contributed by atoms with Crippen LogP contribution in [0.2, 0.25) is 0 Å². The summed E-state index contributed by atoms with van der Waals surface area (Å²) in [4.78, 5) is 37.1. The minimum atomic E-state index is -1.07. The number of nitrogens with one attached hydrogen (secondary N) is 2. The first kappa shape index (κ1) is 18.9. The monoisotopic (exact) mass is 338 g/mol. The highest BCUT2D eigenvalue weighted by Crippen LogP contribution is 2.16. The predicted molar refractivity (Wildman–Crippen MR) is 90.1 cm³/mol. The number of imide groups is 1. The lowest BCUT2D eigenvalue weighted by molar-refractivity contribution is -0.149. The van der Waals surface area contributed by atoms with Gasteiger partial charge >= 0.3 is 12.0 Å². The minimum Gasteiger partial charge on any atom is -0.449 e. The Morgan fingerprint density at radius 1 is 1.26 bits per heavy atom. The fourth-order valence-electron chi connectivity index (χ4n) is 1.55. The molecule has 126 valence electrons. The third-order valence-electron chi connectivity index (χ3n) is 2.53. The van der Waals surface area contributed by atoms with Gasteiger partial charge in [0.15, 0.2) is 6.10 Å². The van der Waals surface area contributed by atoms with Gasteiger partial charge in [0.05, 0.1) is 0 Å². The van der Waals surface area contributed by atoms with E-state index in [0.717, 1.165) is 9.75 Å². The van der Waals surface area contributed by atoms with Crippen LogP contribution in [0.3, 0.4) is 0 Å². The van der Waals surface area contributed by atoms with Gasteiger partial charge in [-0.25, -0.2) is 9.59 Å². The molecule has 0 radical (unpaired) electrons. The van der Waals surface area contributed by atoms with Crippen LogP contribution in [-0.2, 0) is 14.3 Å². The number of esters is 1. The summed E-state index contributed by atoms with van der Waals surface area (Å²) in [5.74, 6) is -1.32. The van der Waals surface area contributed by atoms with Gasteiger partial charge < -0.3 is 10.1 Å². The van der Waals surface area contributed by atoms with Crippen LogP contribution < -0.4 is 10.6 Å². The summed E-state index contributed by atoms with van der Waals surface area (Å²) < 4.78 is 4.96. The smallest absolute Gasteiger partial charge is 0.331 e. The quantitative estimate of drug-likeness (QED) is 0.653. The van der Waals surface area contributed by atoms with Crippen LogP contribution in [0, 0.1) is 6.92 Å². The number of carbonyl (C=O) groups is 3. The fourth-order valence-corrected chi connectivity index (χ4v) is 2.33. The number of amides is 3. The van der Waals surface area contributed by atoms with Crippen molar-refractivity contribution in [2.75, 3.05) is 0 Å². The molecule has 0 aliphatic rings. The maximum absolute atomic E-state index is 11.8. The van der Waals surface area contributed by atoms with Crippen molar-refractivity contribution in [3.63, 3.8) is 0 Å². The highest BCUT2D eigenvalue weighted by Gasteiger charge is 2.21. The summed E-state index contributed by atoms with van der Waals surface area (Å²) in [6.45, 7) is 8.74. The molecule has 0 fully saturated rings. The van der Waals surface area contributed by atoms with Crippen LogP contribution in [0.5, 0.6) is 0 Å². The lowest BCUT2D eigenvalue weighted by atomic mass is 10.1. The molecule has 0 aliphatic heterocycles. The molecule has 1 aromatic rings. The Bertz CT molecular complexity index is 614. The van der Waals surface area contributed by atoms with Crippen LogP contribution in [0.1, 0.15) is 37.4 Å². The maximum atomic E-state index is 11.8. The predicted octanol–water partition coefficient (Wildman–Crippen LogP) is 2.63. The van der Waals surface area contributed by atoms with E-state index in [0.29, 0.717) is 0 Å². The zero-order valence-corrected chi connectivity index (χ0v) is 14.7. The highest BCUT2D eigenvalue weighted by molar-refractivity contribution is 7.12. The third-order valence-corrected chi connectivity index (χ3v) is 3.50. The summed E-state index contributed by atoms with van der Waals surface area (Å²) in [5, 5.41) is 4.71. The molecule has 2 N–H and O–H groups in total. The molecule has 1 atom stereocenters. The molecule has 3 amide bonds. The molecule has 1 heterocycles. The van der Waals surface area contributed by atoms with E-state index >= 15 is 0 Å². The van der Waals surface area contributed by atoms with Crippen molar-refractivity contribution >= 4 is 35.3 Å².